The number of likely N-dealkylation sites (tertiary alicyclic amines) is 1. The van der Waals surface area contributed by atoms with Crippen molar-refractivity contribution in [2.45, 2.75) is 19.3 Å². The van der Waals surface area contributed by atoms with Gasteiger partial charge in [0, 0.05) is 38.2 Å². The molecule has 1 fully saturated rings. The summed E-state index contributed by atoms with van der Waals surface area (Å²) in [6, 6.07) is 7.79. The Hall–Kier alpha value is -2.17. The van der Waals surface area contributed by atoms with E-state index in [2.05, 4.69) is 16.1 Å². The molecule has 1 aliphatic heterocycles. The number of pyridine rings is 1. The van der Waals surface area contributed by atoms with Gasteiger partial charge in [-0.3, -0.25) is 14.5 Å². The molecule has 2 aromatic heterocycles. The van der Waals surface area contributed by atoms with E-state index in [1.54, 1.807) is 16.9 Å². The summed E-state index contributed by atoms with van der Waals surface area (Å²) in [5, 5.41) is 4.08. The lowest BCUT2D eigenvalue weighted by atomic mass is 9.93. The van der Waals surface area contributed by atoms with Crippen molar-refractivity contribution in [3.8, 4) is 0 Å². The first-order valence-electron chi connectivity index (χ1n) is 7.41. The molecule has 3 heterocycles. The second kappa shape index (κ2) is 6.08. The normalized spacial score (nSPS) is 18.7. The molecule has 0 bridgehead atoms. The van der Waals surface area contributed by atoms with E-state index in [4.69, 9.17) is 0 Å². The molecule has 1 amide bonds. The predicted molar refractivity (Wildman–Crippen MR) is 79.8 cm³/mol. The van der Waals surface area contributed by atoms with Crippen molar-refractivity contribution in [3.63, 3.8) is 0 Å². The highest BCUT2D eigenvalue weighted by atomic mass is 16.2. The van der Waals surface area contributed by atoms with Gasteiger partial charge in [0.05, 0.1) is 0 Å². The van der Waals surface area contributed by atoms with Crippen LogP contribution in [0.2, 0.25) is 0 Å². The van der Waals surface area contributed by atoms with Crippen LogP contribution in [0.15, 0.2) is 36.7 Å². The lowest BCUT2D eigenvalue weighted by Gasteiger charge is -2.32. The van der Waals surface area contributed by atoms with E-state index < -0.39 is 0 Å². The topological polar surface area (TPSA) is 51.0 Å². The van der Waals surface area contributed by atoms with Gasteiger partial charge in [-0.2, -0.15) is 5.10 Å². The summed E-state index contributed by atoms with van der Waals surface area (Å²) >= 11 is 0. The minimum Gasteiger partial charge on any atom is -0.337 e. The molecule has 3 rings (SSSR count). The SMILES string of the molecule is Cn1nccc1C(=O)N1CCC[C@H](Cc2ccccn2)C1. The van der Waals surface area contributed by atoms with Crippen LogP contribution in [0, 0.1) is 5.92 Å². The third-order valence-corrected chi connectivity index (χ3v) is 4.07. The summed E-state index contributed by atoms with van der Waals surface area (Å²) < 4.78 is 1.64. The van der Waals surface area contributed by atoms with E-state index in [1.165, 1.54) is 0 Å². The molecule has 0 saturated carbocycles. The Balaban J connectivity index is 1.66. The van der Waals surface area contributed by atoms with Crippen LogP contribution in [0.5, 0.6) is 0 Å². The number of aromatic nitrogens is 3. The number of carbonyl (C=O) groups excluding carboxylic acids is 1. The average Bonchev–Trinajstić information content (AvgIpc) is 2.94. The van der Waals surface area contributed by atoms with Gasteiger partial charge in [0.25, 0.3) is 5.91 Å². The molecule has 2 aromatic rings. The van der Waals surface area contributed by atoms with Crippen LogP contribution >= 0.6 is 0 Å². The maximum atomic E-state index is 12.5. The first kappa shape index (κ1) is 13.8. The first-order valence-corrected chi connectivity index (χ1v) is 7.41. The number of nitrogens with zero attached hydrogens (tertiary/aromatic N) is 4. The molecular formula is C16H20N4O. The minimum absolute atomic E-state index is 0.0840. The van der Waals surface area contributed by atoms with Crippen molar-refractivity contribution in [1.29, 1.82) is 0 Å². The molecule has 110 valence electrons. The number of carbonyl (C=O) groups is 1. The number of hydrogen-bond acceptors (Lipinski definition) is 3. The molecule has 1 saturated heterocycles. The van der Waals surface area contributed by atoms with E-state index in [9.17, 15) is 4.79 Å². The third kappa shape index (κ3) is 3.12. The molecular weight excluding hydrogens is 264 g/mol. The van der Waals surface area contributed by atoms with Gasteiger partial charge in [-0.25, -0.2) is 0 Å². The van der Waals surface area contributed by atoms with Crippen LogP contribution in [0.3, 0.4) is 0 Å². The van der Waals surface area contributed by atoms with Crippen LogP contribution in [-0.2, 0) is 13.5 Å². The highest BCUT2D eigenvalue weighted by molar-refractivity contribution is 5.92. The van der Waals surface area contributed by atoms with Gasteiger partial charge in [0.15, 0.2) is 0 Å². The summed E-state index contributed by atoms with van der Waals surface area (Å²) in [6.07, 6.45) is 6.65. The lowest BCUT2D eigenvalue weighted by Crippen LogP contribution is -2.41. The number of aryl methyl sites for hydroxylation is 1. The fourth-order valence-electron chi connectivity index (χ4n) is 2.98. The number of hydrogen-bond donors (Lipinski definition) is 0. The second-order valence-electron chi connectivity index (χ2n) is 5.62. The maximum absolute atomic E-state index is 12.5. The zero-order valence-electron chi connectivity index (χ0n) is 12.3. The molecule has 21 heavy (non-hydrogen) atoms. The Kier molecular flexibility index (Phi) is 3.99. The quantitative estimate of drug-likeness (QED) is 0.865. The maximum Gasteiger partial charge on any atom is 0.272 e. The predicted octanol–water partition coefficient (Wildman–Crippen LogP) is 1.91. The summed E-state index contributed by atoms with van der Waals surface area (Å²) in [6.45, 7) is 1.64. The fraction of sp³-hybridized carbons (Fsp3) is 0.438. The zero-order valence-corrected chi connectivity index (χ0v) is 12.3. The van der Waals surface area contributed by atoms with Gasteiger partial charge >= 0.3 is 0 Å². The average molecular weight is 284 g/mol. The van der Waals surface area contributed by atoms with Crippen LogP contribution in [-0.4, -0.2) is 38.7 Å². The van der Waals surface area contributed by atoms with Crippen LogP contribution in [0.1, 0.15) is 29.0 Å². The summed E-state index contributed by atoms with van der Waals surface area (Å²) in [7, 11) is 1.81. The monoisotopic (exact) mass is 284 g/mol. The van der Waals surface area contributed by atoms with Crippen LogP contribution in [0.4, 0.5) is 0 Å². The van der Waals surface area contributed by atoms with Crippen molar-refractivity contribution < 1.29 is 4.79 Å². The molecule has 0 N–H and O–H groups in total. The molecule has 0 aromatic carbocycles. The molecule has 5 heteroatoms. The van der Waals surface area contributed by atoms with Gasteiger partial charge in [0.1, 0.15) is 5.69 Å². The summed E-state index contributed by atoms with van der Waals surface area (Å²) in [4.78, 5) is 18.9. The van der Waals surface area contributed by atoms with Gasteiger partial charge in [-0.05, 0) is 43.4 Å². The minimum atomic E-state index is 0.0840. The Bertz CT molecular complexity index is 608. The van der Waals surface area contributed by atoms with Crippen molar-refractivity contribution >= 4 is 5.91 Å². The van der Waals surface area contributed by atoms with E-state index in [0.717, 1.165) is 38.0 Å². The number of amides is 1. The standard InChI is InChI=1S/C16H20N4O/c1-19-15(7-9-18-19)16(21)20-10-4-5-13(12-20)11-14-6-2-3-8-17-14/h2-3,6-9,13H,4-5,10-12H2,1H3/t13-/m1/s1. The molecule has 0 unspecified atom stereocenters. The molecule has 5 nitrogen and oxygen atoms in total. The Morgan fingerprint density at radius 3 is 2.95 bits per heavy atom. The van der Waals surface area contributed by atoms with E-state index in [-0.39, 0.29) is 5.91 Å². The molecule has 0 radical (unpaired) electrons. The van der Waals surface area contributed by atoms with Crippen molar-refractivity contribution in [1.82, 2.24) is 19.7 Å². The first-order chi connectivity index (χ1) is 10.2. The number of rotatable bonds is 3. The zero-order chi connectivity index (χ0) is 14.7. The largest absolute Gasteiger partial charge is 0.337 e. The molecule has 1 atom stereocenters. The number of piperidine rings is 1. The Morgan fingerprint density at radius 2 is 2.24 bits per heavy atom. The fourth-order valence-corrected chi connectivity index (χ4v) is 2.98. The van der Waals surface area contributed by atoms with Crippen molar-refractivity contribution in [2.24, 2.45) is 13.0 Å². The second-order valence-corrected chi connectivity index (χ2v) is 5.62. The van der Waals surface area contributed by atoms with E-state index >= 15 is 0 Å². The van der Waals surface area contributed by atoms with E-state index in [1.807, 2.05) is 30.3 Å². The highest BCUT2D eigenvalue weighted by Crippen LogP contribution is 2.21. The Labute approximate surface area is 124 Å². The summed E-state index contributed by atoms with van der Waals surface area (Å²) in [5.41, 5.74) is 1.77. The van der Waals surface area contributed by atoms with Crippen LogP contribution < -0.4 is 0 Å². The molecule has 1 aliphatic rings. The van der Waals surface area contributed by atoms with Gasteiger partial charge in [-0.1, -0.05) is 6.07 Å². The summed E-state index contributed by atoms with van der Waals surface area (Å²) in [5.74, 6) is 0.576. The third-order valence-electron chi connectivity index (χ3n) is 4.07. The van der Waals surface area contributed by atoms with Crippen molar-refractivity contribution in [2.75, 3.05) is 13.1 Å². The van der Waals surface area contributed by atoms with Gasteiger partial charge < -0.3 is 4.90 Å². The highest BCUT2D eigenvalue weighted by Gasteiger charge is 2.26. The molecule has 0 aliphatic carbocycles. The lowest BCUT2D eigenvalue weighted by molar-refractivity contribution is 0.0661. The molecule has 0 spiro atoms. The van der Waals surface area contributed by atoms with Gasteiger partial charge in [0.2, 0.25) is 0 Å². The van der Waals surface area contributed by atoms with Crippen LogP contribution in [0.25, 0.3) is 0 Å². The smallest absolute Gasteiger partial charge is 0.272 e. The van der Waals surface area contributed by atoms with Gasteiger partial charge in [-0.15, -0.1) is 0 Å². The van der Waals surface area contributed by atoms with E-state index in [0.29, 0.717) is 11.6 Å². The Morgan fingerprint density at radius 1 is 1.33 bits per heavy atom. The van der Waals surface area contributed by atoms with Crippen molar-refractivity contribution in [3.05, 3.63) is 48.0 Å².